The van der Waals surface area contributed by atoms with Gasteiger partial charge in [0.1, 0.15) is 5.82 Å². The summed E-state index contributed by atoms with van der Waals surface area (Å²) >= 11 is 1.73. The first-order valence-corrected chi connectivity index (χ1v) is 7.09. The zero-order valence-corrected chi connectivity index (χ0v) is 12.5. The Morgan fingerprint density at radius 2 is 2.25 bits per heavy atom. The van der Waals surface area contributed by atoms with Gasteiger partial charge >= 0.3 is 5.97 Å². The minimum atomic E-state index is -0.487. The third kappa shape index (κ3) is 3.33. The Kier molecular flexibility index (Phi) is 4.34. The molecule has 6 heteroatoms. The van der Waals surface area contributed by atoms with Gasteiger partial charge in [-0.3, -0.25) is 4.98 Å². The molecule has 2 rings (SSSR count). The van der Waals surface area contributed by atoms with E-state index < -0.39 is 5.97 Å². The van der Waals surface area contributed by atoms with Gasteiger partial charge in [0.05, 0.1) is 19.5 Å². The Labute approximate surface area is 122 Å². The van der Waals surface area contributed by atoms with Crippen molar-refractivity contribution in [2.24, 2.45) is 0 Å². The maximum absolute atomic E-state index is 11.4. The fourth-order valence-electron chi connectivity index (χ4n) is 1.72. The van der Waals surface area contributed by atoms with Crippen LogP contribution in [0.4, 0.5) is 5.82 Å². The fourth-order valence-corrected chi connectivity index (χ4v) is 2.57. The Hall–Kier alpha value is -1.95. The van der Waals surface area contributed by atoms with E-state index in [0.717, 1.165) is 0 Å². The highest BCUT2D eigenvalue weighted by Crippen LogP contribution is 2.27. The molecular weight excluding hydrogens is 274 g/mol. The third-order valence-corrected chi connectivity index (χ3v) is 4.16. The number of ether oxygens (including phenoxy) is 1. The third-order valence-electron chi connectivity index (χ3n) is 2.93. The molecule has 0 bridgehead atoms. The molecule has 106 valence electrons. The minimum absolute atomic E-state index is 0.0167. The van der Waals surface area contributed by atoms with Gasteiger partial charge in [-0.2, -0.15) is 0 Å². The van der Waals surface area contributed by atoms with E-state index in [9.17, 15) is 4.79 Å². The van der Waals surface area contributed by atoms with E-state index in [1.807, 2.05) is 6.07 Å². The van der Waals surface area contributed by atoms with Crippen molar-refractivity contribution in [2.75, 3.05) is 19.0 Å². The van der Waals surface area contributed by atoms with Crippen molar-refractivity contribution in [3.05, 3.63) is 40.5 Å². The van der Waals surface area contributed by atoms with Crippen molar-refractivity contribution in [1.82, 2.24) is 9.97 Å². The predicted octanol–water partition coefficient (Wildman–Crippen LogP) is 2.71. The number of thiophene rings is 1. The summed E-state index contributed by atoms with van der Waals surface area (Å²) < 4.78 is 4.63. The van der Waals surface area contributed by atoms with Crippen molar-refractivity contribution in [3.8, 4) is 0 Å². The van der Waals surface area contributed by atoms with E-state index >= 15 is 0 Å². The molecular formula is C14H17N3O2S. The van der Waals surface area contributed by atoms with Crippen LogP contribution in [0.15, 0.2) is 29.9 Å². The second kappa shape index (κ2) is 6.00. The molecule has 0 aliphatic carbocycles. The van der Waals surface area contributed by atoms with Gasteiger partial charge in [-0.25, -0.2) is 9.78 Å². The lowest BCUT2D eigenvalue weighted by atomic mass is 9.91. The highest BCUT2D eigenvalue weighted by atomic mass is 32.1. The van der Waals surface area contributed by atoms with Gasteiger partial charge in [0.2, 0.25) is 0 Å². The lowest BCUT2D eigenvalue weighted by molar-refractivity contribution is 0.0593. The molecule has 0 aromatic carbocycles. The molecule has 2 aromatic heterocycles. The van der Waals surface area contributed by atoms with Gasteiger partial charge in [0.25, 0.3) is 0 Å². The molecule has 0 aliphatic heterocycles. The summed E-state index contributed by atoms with van der Waals surface area (Å²) in [5, 5.41) is 5.28. The lowest BCUT2D eigenvalue weighted by Crippen LogP contribution is -2.27. The highest BCUT2D eigenvalue weighted by molar-refractivity contribution is 7.10. The molecule has 0 aliphatic rings. The molecule has 0 atom stereocenters. The molecule has 0 fully saturated rings. The van der Waals surface area contributed by atoms with Gasteiger partial charge in [-0.15, -0.1) is 11.3 Å². The van der Waals surface area contributed by atoms with Crippen molar-refractivity contribution in [1.29, 1.82) is 0 Å². The summed E-state index contributed by atoms with van der Waals surface area (Å²) in [6.45, 7) is 5.01. The molecule has 20 heavy (non-hydrogen) atoms. The zero-order valence-electron chi connectivity index (χ0n) is 11.7. The van der Waals surface area contributed by atoms with Gasteiger partial charge in [-0.05, 0) is 11.4 Å². The second-order valence-electron chi connectivity index (χ2n) is 5.00. The Balaban J connectivity index is 2.06. The first-order valence-electron chi connectivity index (χ1n) is 6.21. The lowest BCUT2D eigenvalue weighted by Gasteiger charge is -2.23. The Morgan fingerprint density at radius 3 is 2.90 bits per heavy atom. The number of carbonyl (C=O) groups excluding carboxylic acids is 1. The van der Waals surface area contributed by atoms with Gasteiger partial charge in [0, 0.05) is 16.8 Å². The molecule has 0 amide bonds. The van der Waals surface area contributed by atoms with E-state index in [4.69, 9.17) is 0 Å². The van der Waals surface area contributed by atoms with Crippen LogP contribution in [0.1, 0.15) is 29.2 Å². The smallest absolute Gasteiger partial charge is 0.358 e. The number of carbonyl (C=O) groups is 1. The largest absolute Gasteiger partial charge is 0.464 e. The fraction of sp³-hybridized carbons (Fsp3) is 0.357. The molecule has 1 N–H and O–H groups in total. The van der Waals surface area contributed by atoms with Crippen molar-refractivity contribution in [2.45, 2.75) is 19.3 Å². The maximum Gasteiger partial charge on any atom is 0.358 e. The van der Waals surface area contributed by atoms with Crippen LogP contribution < -0.4 is 5.32 Å². The number of nitrogens with zero attached hydrogens (tertiary/aromatic N) is 2. The van der Waals surface area contributed by atoms with E-state index in [-0.39, 0.29) is 11.1 Å². The van der Waals surface area contributed by atoms with Gasteiger partial charge in [0.15, 0.2) is 5.69 Å². The molecule has 2 aromatic rings. The number of aromatic nitrogens is 2. The van der Waals surface area contributed by atoms with E-state index in [2.05, 4.69) is 45.3 Å². The first-order chi connectivity index (χ1) is 9.53. The number of esters is 1. The summed E-state index contributed by atoms with van der Waals surface area (Å²) in [5.74, 6) is 0.0798. The second-order valence-corrected chi connectivity index (χ2v) is 5.94. The van der Waals surface area contributed by atoms with Crippen molar-refractivity contribution >= 4 is 23.1 Å². The quantitative estimate of drug-likeness (QED) is 0.858. The molecule has 2 heterocycles. The number of nitrogens with one attached hydrogen (secondary N) is 1. The standard InChI is InChI=1S/C14H17N3O2S/c1-14(2,11-5-4-6-20-11)9-16-12-8-15-7-10(17-12)13(18)19-3/h4-8H,9H2,1-3H3,(H,16,17). The monoisotopic (exact) mass is 291 g/mol. The SMILES string of the molecule is COC(=O)c1cncc(NCC(C)(C)c2cccs2)n1. The molecule has 0 saturated carbocycles. The average Bonchev–Trinajstić information content (AvgIpc) is 3.00. The van der Waals surface area contributed by atoms with Crippen molar-refractivity contribution in [3.63, 3.8) is 0 Å². The first kappa shape index (κ1) is 14.5. The van der Waals surface area contributed by atoms with E-state index in [0.29, 0.717) is 12.4 Å². The van der Waals surface area contributed by atoms with Crippen LogP contribution in [0, 0.1) is 0 Å². The summed E-state index contributed by atoms with van der Waals surface area (Å²) in [5.41, 5.74) is 0.184. The highest BCUT2D eigenvalue weighted by Gasteiger charge is 2.21. The number of hydrogen-bond acceptors (Lipinski definition) is 6. The number of methoxy groups -OCH3 is 1. The molecule has 0 spiro atoms. The van der Waals surface area contributed by atoms with Crippen LogP contribution in [0.2, 0.25) is 0 Å². The minimum Gasteiger partial charge on any atom is -0.464 e. The van der Waals surface area contributed by atoms with Crippen LogP contribution in [0.25, 0.3) is 0 Å². The number of anilines is 1. The van der Waals surface area contributed by atoms with Gasteiger partial charge in [-0.1, -0.05) is 19.9 Å². The average molecular weight is 291 g/mol. The maximum atomic E-state index is 11.4. The summed E-state index contributed by atoms with van der Waals surface area (Å²) in [4.78, 5) is 20.9. The molecule has 0 saturated heterocycles. The van der Waals surface area contributed by atoms with Crippen molar-refractivity contribution < 1.29 is 9.53 Å². The van der Waals surface area contributed by atoms with E-state index in [1.54, 1.807) is 17.5 Å². The zero-order chi connectivity index (χ0) is 14.6. The van der Waals surface area contributed by atoms with Gasteiger partial charge < -0.3 is 10.1 Å². The molecule has 0 unspecified atom stereocenters. The summed E-state index contributed by atoms with van der Waals surface area (Å²) in [6.07, 6.45) is 2.98. The topological polar surface area (TPSA) is 64.1 Å². The number of rotatable bonds is 5. The predicted molar refractivity (Wildman–Crippen MR) is 79.2 cm³/mol. The van der Waals surface area contributed by atoms with Crippen LogP contribution >= 0.6 is 11.3 Å². The summed E-state index contributed by atoms with van der Waals surface area (Å²) in [6, 6.07) is 4.16. The molecule has 5 nitrogen and oxygen atoms in total. The summed E-state index contributed by atoms with van der Waals surface area (Å²) in [7, 11) is 1.32. The molecule has 0 radical (unpaired) electrons. The van der Waals surface area contributed by atoms with Crippen LogP contribution in [-0.2, 0) is 10.2 Å². The van der Waals surface area contributed by atoms with Crippen LogP contribution in [0.3, 0.4) is 0 Å². The van der Waals surface area contributed by atoms with Crippen LogP contribution in [0.5, 0.6) is 0 Å². The Bertz CT molecular complexity index is 582. The number of hydrogen-bond donors (Lipinski definition) is 1. The normalized spacial score (nSPS) is 11.2. The van der Waals surface area contributed by atoms with E-state index in [1.165, 1.54) is 18.2 Å². The van der Waals surface area contributed by atoms with Crippen LogP contribution in [-0.4, -0.2) is 29.6 Å². The Morgan fingerprint density at radius 1 is 1.45 bits per heavy atom.